The van der Waals surface area contributed by atoms with Crippen LogP contribution in [0, 0.1) is 9.12 Å². The number of nitrogens with one attached hydrogen (secondary N) is 1. The largest absolute Gasteiger partial charge is 0.444 e. The Kier molecular flexibility index (Phi) is 7.42. The third-order valence-corrected chi connectivity index (χ3v) is 6.69. The van der Waals surface area contributed by atoms with Gasteiger partial charge in [-0.25, -0.2) is 9.18 Å². The van der Waals surface area contributed by atoms with Crippen molar-refractivity contribution in [2.45, 2.75) is 84.5 Å². The number of alkyl halides is 4. The number of piperidine rings is 1. The molecule has 1 amide bonds. The van der Waals surface area contributed by atoms with Gasteiger partial charge < -0.3 is 19.5 Å². The van der Waals surface area contributed by atoms with Crippen LogP contribution in [0.1, 0.15) is 48.0 Å². The lowest BCUT2D eigenvalue weighted by Crippen LogP contribution is -2.62. The number of carbonyl (C=O) groups is 1. The number of benzene rings is 1. The molecule has 2 aromatic rings. The van der Waals surface area contributed by atoms with Crippen LogP contribution in [0.4, 0.5) is 28.0 Å². The number of hydrogen-bond donors (Lipinski definition) is 1. The van der Waals surface area contributed by atoms with E-state index < -0.39 is 48.1 Å². The molecule has 0 aliphatic carbocycles. The molecular formula is C24H32F4IN3O2. The monoisotopic (exact) mass is 597 g/mol. The van der Waals surface area contributed by atoms with Crippen molar-refractivity contribution in [3.63, 3.8) is 0 Å². The number of rotatable bonds is 3. The maximum Gasteiger partial charge on any atom is 0.410 e. The molecule has 1 aromatic carbocycles. The number of amides is 1. The lowest BCUT2D eigenvalue weighted by atomic mass is 9.78. The number of fused-ring (bicyclic) bond motifs is 1. The summed E-state index contributed by atoms with van der Waals surface area (Å²) in [4.78, 5) is 14.3. The molecule has 1 saturated heterocycles. The zero-order valence-corrected chi connectivity index (χ0v) is 22.4. The highest BCUT2D eigenvalue weighted by atomic mass is 127. The molecule has 5 nitrogen and oxygen atoms in total. The fourth-order valence-corrected chi connectivity index (χ4v) is 5.25. The molecular weight excluding hydrogens is 565 g/mol. The number of carbonyl (C=O) groups excluding carboxylic acids is 1. The van der Waals surface area contributed by atoms with Crippen molar-refractivity contribution < 1.29 is 27.1 Å². The lowest BCUT2D eigenvalue weighted by Gasteiger charge is -2.48. The zero-order valence-electron chi connectivity index (χ0n) is 20.3. The highest BCUT2D eigenvalue weighted by molar-refractivity contribution is 14.1. The Bertz CT molecular complexity index is 1040. The van der Waals surface area contributed by atoms with E-state index in [0.717, 1.165) is 0 Å². The molecule has 1 aliphatic heterocycles. The summed E-state index contributed by atoms with van der Waals surface area (Å²) in [6.07, 6.45) is -5.97. The molecule has 0 bridgehead atoms. The molecule has 1 aliphatic rings. The Morgan fingerprint density at radius 2 is 1.82 bits per heavy atom. The van der Waals surface area contributed by atoms with Crippen LogP contribution in [-0.4, -0.2) is 52.1 Å². The molecule has 0 saturated carbocycles. The van der Waals surface area contributed by atoms with Crippen LogP contribution in [0.25, 0.3) is 10.9 Å². The minimum absolute atomic E-state index is 0.303. The average Bonchev–Trinajstić information content (AvgIpc) is 2.95. The lowest BCUT2D eigenvalue weighted by molar-refractivity contribution is -0.140. The van der Waals surface area contributed by atoms with Gasteiger partial charge in [0.15, 0.2) is 0 Å². The highest BCUT2D eigenvalue weighted by Gasteiger charge is 2.47. The summed E-state index contributed by atoms with van der Waals surface area (Å²) in [6.45, 7) is 10.2. The summed E-state index contributed by atoms with van der Waals surface area (Å²) in [5.41, 5.74) is -0.256. The van der Waals surface area contributed by atoms with Crippen molar-refractivity contribution in [3.8, 4) is 0 Å². The normalized spacial score (nSPS) is 22.2. The van der Waals surface area contributed by atoms with Crippen molar-refractivity contribution in [2.24, 2.45) is 5.41 Å². The van der Waals surface area contributed by atoms with E-state index in [-0.39, 0.29) is 0 Å². The van der Waals surface area contributed by atoms with Gasteiger partial charge in [0.05, 0.1) is 21.3 Å². The predicted molar refractivity (Wildman–Crippen MR) is 134 cm³/mol. The minimum atomic E-state index is -4.35. The van der Waals surface area contributed by atoms with Crippen LogP contribution in [0.2, 0.25) is 0 Å². The van der Waals surface area contributed by atoms with Gasteiger partial charge >= 0.3 is 12.3 Å². The fraction of sp³-hybridized carbons (Fsp3) is 0.625. The van der Waals surface area contributed by atoms with Crippen molar-refractivity contribution >= 4 is 45.3 Å². The second-order valence-corrected chi connectivity index (χ2v) is 12.0. The molecule has 3 rings (SSSR count). The van der Waals surface area contributed by atoms with Crippen molar-refractivity contribution in [1.82, 2.24) is 9.47 Å². The van der Waals surface area contributed by atoms with Crippen LogP contribution < -0.4 is 5.32 Å². The van der Waals surface area contributed by atoms with Crippen LogP contribution in [0.15, 0.2) is 24.3 Å². The molecule has 1 N–H and O–H groups in total. The maximum atomic E-state index is 16.0. The number of anilines is 1. The first kappa shape index (κ1) is 26.9. The second kappa shape index (κ2) is 9.39. The molecule has 0 spiro atoms. The number of hydrogen-bond acceptors (Lipinski definition) is 3. The van der Waals surface area contributed by atoms with Crippen LogP contribution in [0.5, 0.6) is 0 Å². The van der Waals surface area contributed by atoms with Gasteiger partial charge in [0.1, 0.15) is 18.3 Å². The fourth-order valence-electron chi connectivity index (χ4n) is 4.51. The molecule has 190 valence electrons. The predicted octanol–water partition coefficient (Wildman–Crippen LogP) is 6.98. The van der Waals surface area contributed by atoms with Gasteiger partial charge in [0.25, 0.3) is 0 Å². The van der Waals surface area contributed by atoms with E-state index in [0.29, 0.717) is 33.3 Å². The molecule has 2 heterocycles. The Labute approximate surface area is 211 Å². The number of ether oxygens (including phenoxy) is 1. The second-order valence-electron chi connectivity index (χ2n) is 10.9. The first-order valence-electron chi connectivity index (χ1n) is 11.2. The van der Waals surface area contributed by atoms with Crippen LogP contribution >= 0.6 is 22.6 Å². The van der Waals surface area contributed by atoms with Gasteiger partial charge in [-0.1, -0.05) is 26.8 Å². The molecule has 1 unspecified atom stereocenters. The average molecular weight is 597 g/mol. The van der Waals surface area contributed by atoms with Gasteiger partial charge in [-0.05, 0) is 73.4 Å². The Morgan fingerprint density at radius 1 is 1.18 bits per heavy atom. The molecule has 1 aromatic heterocycles. The number of halogens is 5. The van der Waals surface area contributed by atoms with E-state index in [1.165, 1.54) is 9.47 Å². The summed E-state index contributed by atoms with van der Waals surface area (Å²) in [5, 5.41) is 3.84. The van der Waals surface area contributed by atoms with E-state index >= 15 is 4.39 Å². The van der Waals surface area contributed by atoms with Crippen molar-refractivity contribution in [3.05, 3.63) is 28.0 Å². The van der Waals surface area contributed by atoms with Gasteiger partial charge in [0.2, 0.25) is 0 Å². The van der Waals surface area contributed by atoms with E-state index in [2.05, 4.69) is 5.32 Å². The molecule has 10 heteroatoms. The first-order valence-corrected chi connectivity index (χ1v) is 12.3. The van der Waals surface area contributed by atoms with Gasteiger partial charge in [-0.2, -0.15) is 13.2 Å². The highest BCUT2D eigenvalue weighted by Crippen LogP contribution is 2.38. The summed E-state index contributed by atoms with van der Waals surface area (Å²) in [6, 6.07) is 5.37. The summed E-state index contributed by atoms with van der Waals surface area (Å²) >= 11 is 1.88. The van der Waals surface area contributed by atoms with E-state index in [4.69, 9.17) is 4.74 Å². The minimum Gasteiger partial charge on any atom is -0.444 e. The van der Waals surface area contributed by atoms with E-state index in [1.54, 1.807) is 45.0 Å². The Hall–Kier alpha value is -1.72. The first-order chi connectivity index (χ1) is 15.5. The topological polar surface area (TPSA) is 46.5 Å². The molecule has 34 heavy (non-hydrogen) atoms. The summed E-state index contributed by atoms with van der Waals surface area (Å²) < 4.78 is 62.4. The Balaban J connectivity index is 1.89. The SMILES string of the molecule is CC(C)(C)OC(=O)N1CC[C@@H](Nc2cccc3c2cc(I)n3CC(F)(F)F)[C@H](F)C1C(C)(C)C. The van der Waals surface area contributed by atoms with Crippen LogP contribution in [-0.2, 0) is 11.3 Å². The number of likely N-dealkylation sites (tertiary alicyclic amines) is 1. The summed E-state index contributed by atoms with van der Waals surface area (Å²) in [5.74, 6) is 0. The maximum absolute atomic E-state index is 16.0. The number of nitrogens with zero attached hydrogens (tertiary/aromatic N) is 2. The van der Waals surface area contributed by atoms with Gasteiger partial charge in [-0.3, -0.25) is 0 Å². The quantitative estimate of drug-likeness (QED) is 0.307. The molecule has 1 fully saturated rings. The van der Waals surface area contributed by atoms with Crippen molar-refractivity contribution in [1.29, 1.82) is 0 Å². The number of aromatic nitrogens is 1. The third-order valence-electron chi connectivity index (χ3n) is 5.79. The Morgan fingerprint density at radius 3 is 2.38 bits per heavy atom. The van der Waals surface area contributed by atoms with Gasteiger partial charge in [-0.15, -0.1) is 0 Å². The molecule has 0 radical (unpaired) electrons. The molecule has 3 atom stereocenters. The van der Waals surface area contributed by atoms with Gasteiger partial charge in [0, 0.05) is 17.6 Å². The van der Waals surface area contributed by atoms with E-state index in [1.807, 2.05) is 43.4 Å². The third kappa shape index (κ3) is 6.09. The summed E-state index contributed by atoms with van der Waals surface area (Å²) in [7, 11) is 0. The van der Waals surface area contributed by atoms with E-state index in [9.17, 15) is 18.0 Å². The van der Waals surface area contributed by atoms with Crippen LogP contribution in [0.3, 0.4) is 0 Å². The standard InChI is InChI=1S/C24H32F4IN3O2/c1-22(2,3)20-19(25)16(10-11-31(20)21(33)34-23(4,5)6)30-15-8-7-9-17-14(15)12-18(29)32(17)13-24(26,27)28/h7-9,12,16,19-20,30H,10-11,13H2,1-6H3/t16-,19+,20?/m1/s1. The zero-order chi connectivity index (χ0) is 25.6. The smallest absolute Gasteiger partial charge is 0.410 e. The van der Waals surface area contributed by atoms with Crippen molar-refractivity contribution in [2.75, 3.05) is 11.9 Å².